The third-order valence-electron chi connectivity index (χ3n) is 11.9. The van der Waals surface area contributed by atoms with E-state index in [-0.39, 0.29) is 14.0 Å². The fourth-order valence-corrected chi connectivity index (χ4v) is 11.8. The zero-order valence-electron chi connectivity index (χ0n) is 32.8. The summed E-state index contributed by atoms with van der Waals surface area (Å²) in [6.45, 7) is -0.659. The summed E-state index contributed by atoms with van der Waals surface area (Å²) in [5.41, 5.74) is 5.40. The van der Waals surface area contributed by atoms with Gasteiger partial charge in [0, 0.05) is 73.5 Å². The fourth-order valence-electron chi connectivity index (χ4n) is 9.32. The Kier molecular flexibility index (Phi) is 7.90. The van der Waals surface area contributed by atoms with Gasteiger partial charge in [-0.05, 0) is 34.5 Å². The molecule has 0 amide bonds. The second-order valence-corrected chi connectivity index (χ2v) is 17.3. The van der Waals surface area contributed by atoms with Crippen LogP contribution >= 0.6 is 22.7 Å². The lowest BCUT2D eigenvalue weighted by Crippen LogP contribution is -2.56. The van der Waals surface area contributed by atoms with Crippen LogP contribution in [0.4, 0.5) is 44.5 Å². The van der Waals surface area contributed by atoms with Gasteiger partial charge in [0.15, 0.2) is 0 Å². The second kappa shape index (κ2) is 13.9. The van der Waals surface area contributed by atoms with E-state index in [2.05, 4.69) is 157 Å². The highest BCUT2D eigenvalue weighted by Crippen LogP contribution is 2.56. The van der Waals surface area contributed by atoms with Crippen LogP contribution in [0.15, 0.2) is 183 Å². The summed E-state index contributed by atoms with van der Waals surface area (Å²) in [5.74, 6) is 2.40. The topological polar surface area (TPSA) is 90.3 Å². The summed E-state index contributed by atoms with van der Waals surface area (Å²) in [6.07, 6.45) is 16.5. The lowest BCUT2D eigenvalue weighted by atomic mass is 9.61. The Hall–Kier alpha value is -7.67. The van der Waals surface area contributed by atoms with E-state index in [1.54, 1.807) is 47.5 Å². The van der Waals surface area contributed by atoms with E-state index in [1.807, 2.05) is 31.0 Å². The van der Waals surface area contributed by atoms with Crippen molar-refractivity contribution in [3.8, 4) is 0 Å². The molecular weight excluding hydrogens is 802 g/mol. The molecule has 8 heterocycles. The maximum absolute atomic E-state index is 5.15. The standard InChI is InChI=1S/C48H30B2N10S2/c1-4-12-36-31(9-1)21-22-56-46(36)60-45-38-14-6-8-16-41(38)62-48(45)59(43-30-52-24-26-55-43)50(60)34-19-17-33(18-20-34)49-57(39-28-53-27-32-10-2-3-11-35(32)39)44-37-13-5-7-15-40(37)61-47(44)58(49)42-29-51-23-25-54-42/h1-30H. The first-order valence-electron chi connectivity index (χ1n) is 20.3. The van der Waals surface area contributed by atoms with Crippen molar-refractivity contribution in [3.63, 3.8) is 0 Å². The molecule has 0 saturated heterocycles. The van der Waals surface area contributed by atoms with Crippen LogP contribution in [-0.2, 0) is 0 Å². The van der Waals surface area contributed by atoms with E-state index in [1.165, 1.54) is 20.2 Å². The van der Waals surface area contributed by atoms with Gasteiger partial charge in [-0.15, -0.1) is 22.7 Å². The summed E-state index contributed by atoms with van der Waals surface area (Å²) in [5, 5.41) is 8.92. The van der Waals surface area contributed by atoms with E-state index < -0.39 is 0 Å². The molecule has 0 spiro atoms. The van der Waals surface area contributed by atoms with Crippen LogP contribution in [0.25, 0.3) is 41.7 Å². The van der Waals surface area contributed by atoms with Gasteiger partial charge >= 0.3 is 14.0 Å². The van der Waals surface area contributed by atoms with Crippen LogP contribution < -0.4 is 30.2 Å². The first-order chi connectivity index (χ1) is 30.8. The minimum absolute atomic E-state index is 0.319. The van der Waals surface area contributed by atoms with Gasteiger partial charge in [-0.3, -0.25) is 15.0 Å². The molecule has 13 rings (SSSR count). The molecule has 0 bridgehead atoms. The average molecular weight is 833 g/mol. The SMILES string of the molecule is c1ccc2c(N3B(c4ccc(B5N(c6cnccn6)c6sc7ccccc7c6N5c5nccc6ccccc56)cc4)N(c4cnccn4)c4sc5ccccc5c43)cncc2c1. The van der Waals surface area contributed by atoms with Gasteiger partial charge in [0.05, 0.1) is 35.7 Å². The van der Waals surface area contributed by atoms with E-state index in [9.17, 15) is 0 Å². The second-order valence-electron chi connectivity index (χ2n) is 15.3. The number of hydrogen-bond donors (Lipinski definition) is 0. The summed E-state index contributed by atoms with van der Waals surface area (Å²) < 4.78 is 2.39. The number of benzene rings is 5. The highest BCUT2D eigenvalue weighted by molar-refractivity contribution is 7.26. The minimum Gasteiger partial charge on any atom is -0.357 e. The number of fused-ring (bicyclic) bond motifs is 8. The summed E-state index contributed by atoms with van der Waals surface area (Å²) >= 11 is 3.54. The number of pyridine rings is 2. The zero-order chi connectivity index (χ0) is 40.7. The van der Waals surface area contributed by atoms with Gasteiger partial charge in [0.25, 0.3) is 0 Å². The molecule has 0 fully saturated rings. The Morgan fingerprint density at radius 1 is 0.387 bits per heavy atom. The molecule has 11 aromatic rings. The van der Waals surface area contributed by atoms with Gasteiger partial charge in [0.1, 0.15) is 27.5 Å². The first-order valence-corrected chi connectivity index (χ1v) is 21.9. The molecule has 0 N–H and O–H groups in total. The molecule has 0 saturated carbocycles. The average Bonchev–Trinajstić information content (AvgIpc) is 4.08. The number of hydrogen-bond acceptors (Lipinski definition) is 12. The smallest absolute Gasteiger partial charge is 0.357 e. The van der Waals surface area contributed by atoms with Gasteiger partial charge < -0.3 is 19.2 Å². The Balaban J connectivity index is 1.03. The Bertz CT molecular complexity index is 3260. The summed E-state index contributed by atoms with van der Waals surface area (Å²) in [6, 6.07) is 45.3. The third kappa shape index (κ3) is 5.23. The van der Waals surface area contributed by atoms with Gasteiger partial charge in [-0.2, -0.15) is 0 Å². The van der Waals surface area contributed by atoms with Crippen molar-refractivity contribution in [3.05, 3.63) is 183 Å². The highest BCUT2D eigenvalue weighted by atomic mass is 32.1. The maximum atomic E-state index is 5.15. The van der Waals surface area contributed by atoms with Crippen LogP contribution in [-0.4, -0.2) is 43.9 Å². The number of anilines is 8. The quantitative estimate of drug-likeness (QED) is 0.151. The molecule has 10 nitrogen and oxygen atoms in total. The lowest BCUT2D eigenvalue weighted by molar-refractivity contribution is 1.16. The normalized spacial score (nSPS) is 13.6. The van der Waals surface area contributed by atoms with Crippen molar-refractivity contribution >= 4 is 134 Å². The van der Waals surface area contributed by atoms with Gasteiger partial charge in [-0.25, -0.2) is 15.0 Å². The van der Waals surface area contributed by atoms with Crippen LogP contribution in [0.1, 0.15) is 0 Å². The highest BCUT2D eigenvalue weighted by Gasteiger charge is 2.50. The van der Waals surface area contributed by atoms with E-state index in [4.69, 9.17) is 19.9 Å². The third-order valence-corrected chi connectivity index (χ3v) is 14.2. The zero-order valence-corrected chi connectivity index (χ0v) is 34.4. The Morgan fingerprint density at radius 3 is 1.53 bits per heavy atom. The van der Waals surface area contributed by atoms with E-state index >= 15 is 0 Å². The van der Waals surface area contributed by atoms with Crippen molar-refractivity contribution in [2.24, 2.45) is 0 Å². The number of rotatable bonds is 6. The first kappa shape index (κ1) is 35.1. The van der Waals surface area contributed by atoms with Crippen molar-refractivity contribution in [2.45, 2.75) is 0 Å². The number of thiophene rings is 2. The molecule has 2 aliphatic rings. The molecule has 62 heavy (non-hydrogen) atoms. The van der Waals surface area contributed by atoms with Crippen LogP contribution in [0.5, 0.6) is 0 Å². The largest absolute Gasteiger partial charge is 0.423 e. The van der Waals surface area contributed by atoms with Gasteiger partial charge in [-0.1, -0.05) is 109 Å². The van der Waals surface area contributed by atoms with E-state index in [0.29, 0.717) is 0 Å². The predicted octanol–water partition coefficient (Wildman–Crippen LogP) is 10.2. The molecule has 290 valence electrons. The summed E-state index contributed by atoms with van der Waals surface area (Å²) in [4.78, 5) is 38.5. The monoisotopic (exact) mass is 832 g/mol. The van der Waals surface area contributed by atoms with Crippen LogP contribution in [0.2, 0.25) is 0 Å². The molecule has 0 aliphatic carbocycles. The molecule has 5 aromatic carbocycles. The molecule has 2 aliphatic heterocycles. The van der Waals surface area contributed by atoms with E-state index in [0.717, 1.165) is 77.0 Å². The Morgan fingerprint density at radius 2 is 0.919 bits per heavy atom. The van der Waals surface area contributed by atoms with Gasteiger partial charge in [0.2, 0.25) is 0 Å². The van der Waals surface area contributed by atoms with Crippen LogP contribution in [0.3, 0.4) is 0 Å². The minimum atomic E-state index is -0.339. The Labute approximate surface area is 364 Å². The van der Waals surface area contributed by atoms with Crippen molar-refractivity contribution in [1.82, 2.24) is 29.9 Å². The van der Waals surface area contributed by atoms with Crippen molar-refractivity contribution < 1.29 is 0 Å². The molecule has 0 radical (unpaired) electrons. The fraction of sp³-hybridized carbons (Fsp3) is 0. The molecule has 0 atom stereocenters. The maximum Gasteiger partial charge on any atom is 0.423 e. The number of aromatic nitrogens is 6. The molecule has 6 aromatic heterocycles. The van der Waals surface area contributed by atoms with Crippen LogP contribution in [0, 0.1) is 0 Å². The molecule has 0 unspecified atom stereocenters. The molecule has 14 heteroatoms. The number of nitrogens with zero attached hydrogens (tertiary/aromatic N) is 10. The van der Waals surface area contributed by atoms with Crippen molar-refractivity contribution in [2.75, 3.05) is 19.2 Å². The predicted molar refractivity (Wildman–Crippen MR) is 257 cm³/mol. The molecular formula is C48H30B2N10S2. The van der Waals surface area contributed by atoms with Crippen molar-refractivity contribution in [1.29, 1.82) is 0 Å². The lowest BCUT2D eigenvalue weighted by Gasteiger charge is -2.31. The summed E-state index contributed by atoms with van der Waals surface area (Å²) in [7, 11) is 0.